The summed E-state index contributed by atoms with van der Waals surface area (Å²) in [7, 11) is 1.48. The number of hydrogen-bond acceptors (Lipinski definition) is 5. The Morgan fingerprint density at radius 1 is 0.805 bits per heavy atom. The molecule has 0 bridgehead atoms. The smallest absolute Gasteiger partial charge is 0.263 e. The number of imide groups is 1. The van der Waals surface area contributed by atoms with Crippen LogP contribution >= 0.6 is 0 Å². The second-order valence-corrected chi connectivity index (χ2v) is 9.71. The van der Waals surface area contributed by atoms with Gasteiger partial charge in [0.2, 0.25) is 0 Å². The molecule has 1 aliphatic heterocycles. The molecule has 0 radical (unpaired) electrons. The Hall–Kier alpha value is -6.12. The van der Waals surface area contributed by atoms with Gasteiger partial charge in [0, 0.05) is 53.7 Å². The van der Waals surface area contributed by atoms with Crippen molar-refractivity contribution in [1.29, 1.82) is 5.26 Å². The predicted octanol–water partition coefficient (Wildman–Crippen LogP) is 6.56. The molecule has 192 valence electrons. The average molecular weight is 531 g/mol. The third-order valence-electron chi connectivity index (χ3n) is 7.59. The number of carbonyl (C=O) groups is 2. The molecule has 0 fully saturated rings. The molecule has 0 spiro atoms. The van der Waals surface area contributed by atoms with E-state index in [2.05, 4.69) is 20.9 Å². The molecule has 41 heavy (non-hydrogen) atoms. The maximum atomic E-state index is 13.3. The third-order valence-corrected chi connectivity index (χ3v) is 7.59. The second kappa shape index (κ2) is 8.98. The Kier molecular flexibility index (Phi) is 5.24. The molecule has 3 aromatic heterocycles. The van der Waals surface area contributed by atoms with E-state index in [1.165, 1.54) is 7.05 Å². The van der Waals surface area contributed by atoms with E-state index in [0.717, 1.165) is 37.8 Å². The van der Waals surface area contributed by atoms with Gasteiger partial charge in [-0.1, -0.05) is 30.3 Å². The van der Waals surface area contributed by atoms with Crippen LogP contribution in [0.15, 0.2) is 91.5 Å². The van der Waals surface area contributed by atoms with Crippen LogP contribution in [0.5, 0.6) is 0 Å². The summed E-state index contributed by atoms with van der Waals surface area (Å²) in [4.78, 5) is 39.5. The molecule has 0 N–H and O–H groups in total. The molecule has 0 saturated carbocycles. The SMILES string of the molecule is [C-]#[N+]c1ccncc1-c1ccc2c3ccc(-c4cnccc4C#N)cc3n(-c3cccc4c3C(=O)N(C)C4=O)c2c1. The van der Waals surface area contributed by atoms with Crippen LogP contribution in [0.3, 0.4) is 0 Å². The zero-order valence-corrected chi connectivity index (χ0v) is 21.7. The highest BCUT2D eigenvalue weighted by Crippen LogP contribution is 2.40. The molecule has 1 aliphatic rings. The Balaban J connectivity index is 1.60. The lowest BCUT2D eigenvalue weighted by Crippen LogP contribution is -2.24. The number of benzene rings is 3. The molecule has 8 heteroatoms. The topological polar surface area (TPSA) is 96.2 Å². The fraction of sp³-hybridized carbons (Fsp3) is 0.0303. The first-order valence-electron chi connectivity index (χ1n) is 12.7. The average Bonchev–Trinajstić information content (AvgIpc) is 3.46. The molecule has 0 unspecified atom stereocenters. The van der Waals surface area contributed by atoms with E-state index >= 15 is 0 Å². The number of aromatic nitrogens is 3. The number of pyridine rings is 2. The van der Waals surface area contributed by atoms with Crippen molar-refractivity contribution in [3.63, 3.8) is 0 Å². The molecule has 2 amide bonds. The van der Waals surface area contributed by atoms with Gasteiger partial charge < -0.3 is 4.57 Å². The van der Waals surface area contributed by atoms with Crippen molar-refractivity contribution >= 4 is 39.3 Å². The van der Waals surface area contributed by atoms with E-state index in [9.17, 15) is 14.9 Å². The number of carbonyl (C=O) groups excluding carboxylic acids is 2. The van der Waals surface area contributed by atoms with E-state index in [-0.39, 0.29) is 11.8 Å². The van der Waals surface area contributed by atoms with Crippen LogP contribution < -0.4 is 0 Å². The Morgan fingerprint density at radius 3 is 2.15 bits per heavy atom. The van der Waals surface area contributed by atoms with Gasteiger partial charge in [0.15, 0.2) is 5.69 Å². The summed E-state index contributed by atoms with van der Waals surface area (Å²) in [5, 5.41) is 11.6. The van der Waals surface area contributed by atoms with Gasteiger partial charge in [-0.3, -0.25) is 24.5 Å². The standard InChI is InChI=1S/C33H18N6O2/c1-35-27-11-13-37-18-26(27)20-7-9-23-22-8-6-19(25-17-36-12-10-21(25)16-34)14-29(22)39(30(23)15-20)28-5-3-4-24-31(28)33(41)38(2)32(24)40/h3-15,17-18H,2H3. The molecular formula is C33H18N6O2. The van der Waals surface area contributed by atoms with Crippen LogP contribution in [0.25, 0.3) is 54.6 Å². The fourth-order valence-corrected chi connectivity index (χ4v) is 5.61. The van der Waals surface area contributed by atoms with Crippen molar-refractivity contribution in [2.75, 3.05) is 7.05 Å². The van der Waals surface area contributed by atoms with Crippen molar-refractivity contribution in [2.24, 2.45) is 0 Å². The third kappa shape index (κ3) is 3.45. The minimum absolute atomic E-state index is 0.330. The van der Waals surface area contributed by atoms with Gasteiger partial charge in [0.25, 0.3) is 11.8 Å². The van der Waals surface area contributed by atoms with Gasteiger partial charge in [0.1, 0.15) is 0 Å². The lowest BCUT2D eigenvalue weighted by Gasteiger charge is -2.13. The Bertz CT molecular complexity index is 2080. The van der Waals surface area contributed by atoms with Crippen LogP contribution in [0.2, 0.25) is 0 Å². The molecule has 0 atom stereocenters. The van der Waals surface area contributed by atoms with E-state index < -0.39 is 0 Å². The molecule has 3 aromatic carbocycles. The zero-order chi connectivity index (χ0) is 28.2. The van der Waals surface area contributed by atoms with Gasteiger partial charge in [0.05, 0.1) is 46.1 Å². The summed E-state index contributed by atoms with van der Waals surface area (Å²) >= 11 is 0. The lowest BCUT2D eigenvalue weighted by atomic mass is 10.0. The molecule has 8 nitrogen and oxygen atoms in total. The van der Waals surface area contributed by atoms with Crippen molar-refractivity contribution in [3.05, 3.63) is 120 Å². The van der Waals surface area contributed by atoms with Crippen LogP contribution in [-0.2, 0) is 0 Å². The minimum atomic E-state index is -0.371. The maximum absolute atomic E-state index is 13.3. The lowest BCUT2D eigenvalue weighted by molar-refractivity contribution is 0.0693. The van der Waals surface area contributed by atoms with Crippen LogP contribution in [0.4, 0.5) is 5.69 Å². The molecular weight excluding hydrogens is 512 g/mol. The molecule has 7 rings (SSSR count). The maximum Gasteiger partial charge on any atom is 0.263 e. The van der Waals surface area contributed by atoms with E-state index in [0.29, 0.717) is 39.2 Å². The highest BCUT2D eigenvalue weighted by atomic mass is 16.2. The summed E-state index contributed by atoms with van der Waals surface area (Å²) in [5.74, 6) is -0.718. The van der Waals surface area contributed by atoms with E-state index in [4.69, 9.17) is 6.57 Å². The van der Waals surface area contributed by atoms with Gasteiger partial charge in [-0.2, -0.15) is 5.26 Å². The van der Waals surface area contributed by atoms with Crippen LogP contribution in [0, 0.1) is 17.9 Å². The number of rotatable bonds is 3. The van der Waals surface area contributed by atoms with Crippen LogP contribution in [-0.4, -0.2) is 38.3 Å². The summed E-state index contributed by atoms with van der Waals surface area (Å²) < 4.78 is 1.98. The highest BCUT2D eigenvalue weighted by molar-refractivity contribution is 6.23. The Labute approximate surface area is 234 Å². The quantitative estimate of drug-likeness (QED) is 0.191. The van der Waals surface area contributed by atoms with Crippen molar-refractivity contribution in [2.45, 2.75) is 0 Å². The second-order valence-electron chi connectivity index (χ2n) is 9.71. The molecule has 4 heterocycles. The van der Waals surface area contributed by atoms with E-state index in [1.807, 2.05) is 47.0 Å². The minimum Gasteiger partial charge on any atom is -0.308 e. The van der Waals surface area contributed by atoms with Crippen molar-refractivity contribution < 1.29 is 9.59 Å². The number of nitrogens with zero attached hydrogens (tertiary/aromatic N) is 6. The summed E-state index contributed by atoms with van der Waals surface area (Å²) in [6.07, 6.45) is 6.51. The first kappa shape index (κ1) is 24.0. The van der Waals surface area contributed by atoms with Crippen molar-refractivity contribution in [1.82, 2.24) is 19.4 Å². The summed E-state index contributed by atoms with van der Waals surface area (Å²) in [6.45, 7) is 7.63. The predicted molar refractivity (Wildman–Crippen MR) is 155 cm³/mol. The first-order chi connectivity index (χ1) is 20.0. The monoisotopic (exact) mass is 530 g/mol. The van der Waals surface area contributed by atoms with Gasteiger partial charge >= 0.3 is 0 Å². The zero-order valence-electron chi connectivity index (χ0n) is 21.7. The van der Waals surface area contributed by atoms with Gasteiger partial charge in [-0.25, -0.2) is 4.85 Å². The number of amides is 2. The van der Waals surface area contributed by atoms with Gasteiger partial charge in [-0.15, -0.1) is 0 Å². The number of nitriles is 1. The van der Waals surface area contributed by atoms with Crippen molar-refractivity contribution in [3.8, 4) is 34.0 Å². The number of hydrogen-bond donors (Lipinski definition) is 0. The fourth-order valence-electron chi connectivity index (χ4n) is 5.61. The molecule has 6 aromatic rings. The first-order valence-corrected chi connectivity index (χ1v) is 12.7. The van der Waals surface area contributed by atoms with Crippen LogP contribution in [0.1, 0.15) is 26.3 Å². The summed E-state index contributed by atoms with van der Waals surface area (Å²) in [5.41, 5.74) is 6.79. The van der Waals surface area contributed by atoms with Gasteiger partial charge in [-0.05, 0) is 47.5 Å². The molecule has 0 saturated heterocycles. The summed E-state index contributed by atoms with van der Waals surface area (Å²) in [6, 6.07) is 22.7. The largest absolute Gasteiger partial charge is 0.308 e. The molecule has 0 aliphatic carbocycles. The highest BCUT2D eigenvalue weighted by Gasteiger charge is 2.36. The Morgan fingerprint density at radius 2 is 1.46 bits per heavy atom. The van der Waals surface area contributed by atoms with E-state index in [1.54, 1.807) is 49.1 Å². The normalized spacial score (nSPS) is 12.5. The number of fused-ring (bicyclic) bond motifs is 4.